The van der Waals surface area contributed by atoms with Crippen LogP contribution in [0.15, 0.2) is 28.8 Å². The van der Waals surface area contributed by atoms with Crippen molar-refractivity contribution in [3.8, 4) is 11.5 Å². The Morgan fingerprint density at radius 1 is 1.12 bits per heavy atom. The fourth-order valence-corrected chi connectivity index (χ4v) is 3.79. The first kappa shape index (κ1) is 17.1. The molecule has 4 rings (SSSR count). The lowest BCUT2D eigenvalue weighted by Crippen LogP contribution is -2.49. The van der Waals surface area contributed by atoms with Gasteiger partial charge in [0.2, 0.25) is 5.91 Å². The minimum Gasteiger partial charge on any atom is -0.340 e. The van der Waals surface area contributed by atoms with Crippen LogP contribution in [0.1, 0.15) is 31.5 Å². The summed E-state index contributed by atoms with van der Waals surface area (Å²) in [7, 11) is 0. The molecule has 1 saturated carbocycles. The largest absolute Gasteiger partial charge is 0.340 e. The number of rotatable bonds is 4. The highest BCUT2D eigenvalue weighted by atomic mass is 19.1. The molecule has 1 aromatic carbocycles. The van der Waals surface area contributed by atoms with E-state index in [0.29, 0.717) is 29.7 Å². The molecule has 1 amide bonds. The van der Waals surface area contributed by atoms with Gasteiger partial charge >= 0.3 is 0 Å². The molecule has 1 saturated heterocycles. The molecule has 26 heavy (non-hydrogen) atoms. The summed E-state index contributed by atoms with van der Waals surface area (Å²) in [5, 5.41) is 4.02. The van der Waals surface area contributed by atoms with E-state index in [1.807, 2.05) is 4.90 Å². The lowest BCUT2D eigenvalue weighted by atomic mass is 10.1. The Kier molecular flexibility index (Phi) is 4.97. The average molecular weight is 358 g/mol. The quantitative estimate of drug-likeness (QED) is 0.841. The standard InChI is InChI=1S/C19H23FN4O2/c20-16-7-5-14(6-8-16)18-21-17(22-26-18)13-23-9-11-24(12-10-23)19(25)15-3-1-2-4-15/h5-8,15H,1-4,9-13H2. The van der Waals surface area contributed by atoms with Gasteiger partial charge in [-0.2, -0.15) is 4.98 Å². The zero-order chi connectivity index (χ0) is 17.9. The van der Waals surface area contributed by atoms with E-state index in [2.05, 4.69) is 15.0 Å². The first-order valence-corrected chi connectivity index (χ1v) is 9.29. The molecule has 2 aromatic rings. The number of hydrogen-bond acceptors (Lipinski definition) is 5. The van der Waals surface area contributed by atoms with Gasteiger partial charge in [0.05, 0.1) is 6.54 Å². The van der Waals surface area contributed by atoms with Crippen molar-refractivity contribution in [3.05, 3.63) is 35.9 Å². The summed E-state index contributed by atoms with van der Waals surface area (Å²) < 4.78 is 18.3. The summed E-state index contributed by atoms with van der Waals surface area (Å²) in [5.74, 6) is 1.30. The van der Waals surface area contributed by atoms with Gasteiger partial charge in [0.15, 0.2) is 5.82 Å². The second-order valence-corrected chi connectivity index (χ2v) is 7.11. The maximum Gasteiger partial charge on any atom is 0.257 e. The topological polar surface area (TPSA) is 62.5 Å². The Morgan fingerprint density at radius 2 is 1.81 bits per heavy atom. The summed E-state index contributed by atoms with van der Waals surface area (Å²) in [6.07, 6.45) is 4.47. The number of halogens is 1. The molecule has 1 aromatic heterocycles. The zero-order valence-electron chi connectivity index (χ0n) is 14.7. The van der Waals surface area contributed by atoms with Crippen molar-refractivity contribution in [2.45, 2.75) is 32.2 Å². The molecular weight excluding hydrogens is 335 g/mol. The molecule has 138 valence electrons. The Morgan fingerprint density at radius 3 is 2.50 bits per heavy atom. The summed E-state index contributed by atoms with van der Waals surface area (Å²) in [6.45, 7) is 3.75. The van der Waals surface area contributed by atoms with Gasteiger partial charge in [-0.3, -0.25) is 9.69 Å². The van der Waals surface area contributed by atoms with Gasteiger partial charge in [0.25, 0.3) is 5.89 Å². The van der Waals surface area contributed by atoms with Gasteiger partial charge in [-0.25, -0.2) is 4.39 Å². The Hall–Kier alpha value is -2.28. The minimum atomic E-state index is -0.293. The molecule has 0 spiro atoms. The molecule has 2 aliphatic rings. The van der Waals surface area contributed by atoms with Crippen molar-refractivity contribution in [3.63, 3.8) is 0 Å². The highest BCUT2D eigenvalue weighted by Gasteiger charge is 2.29. The highest BCUT2D eigenvalue weighted by Crippen LogP contribution is 2.27. The third-order valence-electron chi connectivity index (χ3n) is 5.31. The fraction of sp³-hybridized carbons (Fsp3) is 0.526. The summed E-state index contributed by atoms with van der Waals surface area (Å²) >= 11 is 0. The maximum atomic E-state index is 13.0. The number of benzene rings is 1. The number of amides is 1. The van der Waals surface area contributed by atoms with Crippen molar-refractivity contribution in [1.82, 2.24) is 19.9 Å². The smallest absolute Gasteiger partial charge is 0.257 e. The molecule has 7 heteroatoms. The molecule has 2 fully saturated rings. The van der Waals surface area contributed by atoms with Gasteiger partial charge in [-0.05, 0) is 37.1 Å². The molecule has 6 nitrogen and oxygen atoms in total. The Bertz CT molecular complexity index is 747. The number of nitrogens with zero attached hydrogens (tertiary/aromatic N) is 4. The van der Waals surface area contributed by atoms with Crippen molar-refractivity contribution in [2.75, 3.05) is 26.2 Å². The fourth-order valence-electron chi connectivity index (χ4n) is 3.79. The van der Waals surface area contributed by atoms with Crippen LogP contribution >= 0.6 is 0 Å². The van der Waals surface area contributed by atoms with Crippen molar-refractivity contribution in [1.29, 1.82) is 0 Å². The lowest BCUT2D eigenvalue weighted by Gasteiger charge is -2.35. The van der Waals surface area contributed by atoms with Gasteiger partial charge in [0, 0.05) is 37.7 Å². The Labute approximate surface area is 152 Å². The molecule has 0 atom stereocenters. The SMILES string of the molecule is O=C(C1CCCC1)N1CCN(Cc2noc(-c3ccc(F)cc3)n2)CC1. The first-order chi connectivity index (χ1) is 12.7. The third kappa shape index (κ3) is 3.77. The lowest BCUT2D eigenvalue weighted by molar-refractivity contribution is -0.137. The first-order valence-electron chi connectivity index (χ1n) is 9.29. The van der Waals surface area contributed by atoms with E-state index in [0.717, 1.165) is 39.0 Å². The van der Waals surface area contributed by atoms with Crippen LogP contribution in [-0.4, -0.2) is 52.0 Å². The van der Waals surface area contributed by atoms with Crippen LogP contribution in [0.3, 0.4) is 0 Å². The highest BCUT2D eigenvalue weighted by molar-refractivity contribution is 5.79. The Balaban J connectivity index is 1.30. The van der Waals surface area contributed by atoms with Crippen LogP contribution in [-0.2, 0) is 11.3 Å². The number of aromatic nitrogens is 2. The molecule has 0 radical (unpaired) electrons. The number of hydrogen-bond donors (Lipinski definition) is 0. The van der Waals surface area contributed by atoms with Crippen LogP contribution in [0.2, 0.25) is 0 Å². The van der Waals surface area contributed by atoms with E-state index in [1.54, 1.807) is 12.1 Å². The van der Waals surface area contributed by atoms with E-state index >= 15 is 0 Å². The molecule has 1 aliphatic carbocycles. The minimum absolute atomic E-state index is 0.247. The molecule has 2 heterocycles. The third-order valence-corrected chi connectivity index (χ3v) is 5.31. The van der Waals surface area contributed by atoms with Crippen LogP contribution in [0.5, 0.6) is 0 Å². The van der Waals surface area contributed by atoms with Gasteiger partial charge in [-0.15, -0.1) is 0 Å². The number of carbonyl (C=O) groups is 1. The number of piperazine rings is 1. The second-order valence-electron chi connectivity index (χ2n) is 7.11. The summed E-state index contributed by atoms with van der Waals surface area (Å²) in [4.78, 5) is 21.1. The van der Waals surface area contributed by atoms with Gasteiger partial charge in [-0.1, -0.05) is 18.0 Å². The molecule has 1 aliphatic heterocycles. The molecule has 0 N–H and O–H groups in total. The van der Waals surface area contributed by atoms with Crippen LogP contribution in [0.25, 0.3) is 11.5 Å². The van der Waals surface area contributed by atoms with Crippen LogP contribution in [0.4, 0.5) is 4.39 Å². The summed E-state index contributed by atoms with van der Waals surface area (Å²) in [6, 6.07) is 6.00. The molecule has 0 bridgehead atoms. The predicted octanol–water partition coefficient (Wildman–Crippen LogP) is 2.71. The second kappa shape index (κ2) is 7.53. The normalized spacial score (nSPS) is 19.2. The number of carbonyl (C=O) groups excluding carboxylic acids is 1. The van der Waals surface area contributed by atoms with Crippen molar-refractivity contribution >= 4 is 5.91 Å². The maximum absolute atomic E-state index is 13.0. The summed E-state index contributed by atoms with van der Waals surface area (Å²) in [5.41, 5.74) is 0.706. The van der Waals surface area contributed by atoms with E-state index in [1.165, 1.54) is 25.0 Å². The van der Waals surface area contributed by atoms with E-state index in [4.69, 9.17) is 4.52 Å². The molecule has 0 unspecified atom stereocenters. The van der Waals surface area contributed by atoms with E-state index < -0.39 is 0 Å². The van der Waals surface area contributed by atoms with Gasteiger partial charge < -0.3 is 9.42 Å². The van der Waals surface area contributed by atoms with Crippen LogP contribution in [0, 0.1) is 11.7 Å². The zero-order valence-corrected chi connectivity index (χ0v) is 14.7. The van der Waals surface area contributed by atoms with E-state index in [-0.39, 0.29) is 11.7 Å². The van der Waals surface area contributed by atoms with Crippen LogP contribution < -0.4 is 0 Å². The monoisotopic (exact) mass is 358 g/mol. The molecular formula is C19H23FN4O2. The van der Waals surface area contributed by atoms with Crippen molar-refractivity contribution in [2.24, 2.45) is 5.92 Å². The van der Waals surface area contributed by atoms with E-state index in [9.17, 15) is 9.18 Å². The van der Waals surface area contributed by atoms with Crippen molar-refractivity contribution < 1.29 is 13.7 Å². The van der Waals surface area contributed by atoms with Gasteiger partial charge in [0.1, 0.15) is 5.82 Å². The predicted molar refractivity (Wildman–Crippen MR) is 93.5 cm³/mol. The average Bonchev–Trinajstić information content (AvgIpc) is 3.35.